The zero-order valence-electron chi connectivity index (χ0n) is 17.4. The third-order valence-electron chi connectivity index (χ3n) is 4.64. The maximum atomic E-state index is 13.3. The van der Waals surface area contributed by atoms with E-state index in [1.54, 1.807) is 66.6 Å². The fourth-order valence-corrected chi connectivity index (χ4v) is 3.25. The molecule has 0 unspecified atom stereocenters. The van der Waals surface area contributed by atoms with Crippen molar-refractivity contribution in [3.05, 3.63) is 78.8 Å². The zero-order chi connectivity index (χ0) is 22.5. The zero-order valence-corrected chi connectivity index (χ0v) is 17.4. The molecular formula is C23H20N6O3. The molecule has 0 fully saturated rings. The van der Waals surface area contributed by atoms with E-state index in [1.165, 1.54) is 6.92 Å². The van der Waals surface area contributed by atoms with Crippen molar-refractivity contribution >= 4 is 23.2 Å². The van der Waals surface area contributed by atoms with Crippen LogP contribution in [-0.4, -0.2) is 38.9 Å². The van der Waals surface area contributed by atoms with Gasteiger partial charge in [-0.2, -0.15) is 0 Å². The van der Waals surface area contributed by atoms with E-state index in [2.05, 4.69) is 25.9 Å². The van der Waals surface area contributed by atoms with Crippen molar-refractivity contribution in [3.63, 3.8) is 0 Å². The van der Waals surface area contributed by atoms with E-state index in [4.69, 9.17) is 4.74 Å². The van der Waals surface area contributed by atoms with Crippen LogP contribution in [-0.2, 0) is 4.79 Å². The van der Waals surface area contributed by atoms with Crippen LogP contribution in [0.15, 0.2) is 73.1 Å². The minimum absolute atomic E-state index is 0.111. The second-order valence-corrected chi connectivity index (χ2v) is 6.79. The van der Waals surface area contributed by atoms with Crippen LogP contribution >= 0.6 is 0 Å². The molecule has 2 aromatic carbocycles. The number of para-hydroxylation sites is 4. The monoisotopic (exact) mass is 428 g/mol. The van der Waals surface area contributed by atoms with Crippen molar-refractivity contribution < 1.29 is 14.3 Å². The Morgan fingerprint density at radius 1 is 0.906 bits per heavy atom. The number of aromatic nitrogens is 4. The Morgan fingerprint density at radius 2 is 1.56 bits per heavy atom. The summed E-state index contributed by atoms with van der Waals surface area (Å²) in [5.41, 5.74) is 2.85. The van der Waals surface area contributed by atoms with Gasteiger partial charge in [0.1, 0.15) is 17.1 Å². The molecule has 0 saturated carbocycles. The van der Waals surface area contributed by atoms with Crippen LogP contribution in [0.1, 0.15) is 17.4 Å². The largest absolute Gasteiger partial charge is 0.494 e. The molecule has 2 aromatic heterocycles. The summed E-state index contributed by atoms with van der Waals surface area (Å²) >= 11 is 0. The van der Waals surface area contributed by atoms with Crippen LogP contribution in [0.5, 0.6) is 5.75 Å². The molecule has 0 atom stereocenters. The highest BCUT2D eigenvalue weighted by atomic mass is 16.5. The lowest BCUT2D eigenvalue weighted by Gasteiger charge is -2.13. The Labute approximate surface area is 184 Å². The summed E-state index contributed by atoms with van der Waals surface area (Å²) < 4.78 is 7.03. The van der Waals surface area contributed by atoms with Gasteiger partial charge < -0.3 is 15.4 Å². The Kier molecular flexibility index (Phi) is 5.89. The second-order valence-electron chi connectivity index (χ2n) is 6.79. The van der Waals surface area contributed by atoms with E-state index in [-0.39, 0.29) is 11.6 Å². The van der Waals surface area contributed by atoms with Crippen molar-refractivity contribution in [2.75, 3.05) is 17.7 Å². The van der Waals surface area contributed by atoms with E-state index in [9.17, 15) is 9.59 Å². The molecule has 160 valence electrons. The summed E-state index contributed by atoms with van der Waals surface area (Å²) in [5, 5.41) is 13.9. The summed E-state index contributed by atoms with van der Waals surface area (Å²) in [7, 11) is 1.56. The van der Waals surface area contributed by atoms with Crippen molar-refractivity contribution in [1.82, 2.24) is 20.0 Å². The number of hydrogen-bond acceptors (Lipinski definition) is 6. The van der Waals surface area contributed by atoms with E-state index >= 15 is 0 Å². The molecule has 0 radical (unpaired) electrons. The third-order valence-corrected chi connectivity index (χ3v) is 4.64. The van der Waals surface area contributed by atoms with Gasteiger partial charge in [-0.1, -0.05) is 29.5 Å². The topological polar surface area (TPSA) is 111 Å². The number of ether oxygens (including phenoxy) is 1. The highest BCUT2D eigenvalue weighted by Gasteiger charge is 2.24. The van der Waals surface area contributed by atoms with Gasteiger partial charge in [0.15, 0.2) is 5.69 Å². The number of anilines is 2. The van der Waals surface area contributed by atoms with Crippen molar-refractivity contribution in [3.8, 4) is 22.7 Å². The Balaban J connectivity index is 1.80. The molecule has 0 aliphatic rings. The smallest absolute Gasteiger partial charge is 0.278 e. The summed E-state index contributed by atoms with van der Waals surface area (Å²) in [6.07, 6.45) is 3.26. The highest BCUT2D eigenvalue weighted by molar-refractivity contribution is 6.09. The number of carbonyl (C=O) groups excluding carboxylic acids is 2. The van der Waals surface area contributed by atoms with Gasteiger partial charge in [0.2, 0.25) is 5.91 Å². The Hall–Kier alpha value is -4.53. The normalized spacial score (nSPS) is 10.4. The summed E-state index contributed by atoms with van der Waals surface area (Å²) in [5.74, 6) is -0.141. The molecule has 0 saturated heterocycles. The van der Waals surface area contributed by atoms with Crippen LogP contribution in [0.2, 0.25) is 0 Å². The molecule has 0 spiro atoms. The first-order chi connectivity index (χ1) is 15.6. The van der Waals surface area contributed by atoms with Crippen molar-refractivity contribution in [1.29, 1.82) is 0 Å². The maximum absolute atomic E-state index is 13.3. The standard InChI is InChI=1S/C23H20N6O3/c1-15(30)25-17-7-3-4-8-18(17)26-23(31)21-22(16-11-13-24-14-12-16)29(28-27-21)19-9-5-6-10-20(19)32-2/h3-14H,1-2H3,(H,25,30)(H,26,31). The van der Waals surface area contributed by atoms with Crippen LogP contribution in [0.4, 0.5) is 11.4 Å². The number of rotatable bonds is 6. The SMILES string of the molecule is COc1ccccc1-n1nnc(C(=O)Nc2ccccc2NC(C)=O)c1-c1ccncc1. The number of carbonyl (C=O) groups is 2. The minimum Gasteiger partial charge on any atom is -0.494 e. The number of hydrogen-bond donors (Lipinski definition) is 2. The number of amides is 2. The quantitative estimate of drug-likeness (QED) is 0.486. The second kappa shape index (κ2) is 9.09. The molecule has 2 heterocycles. The fraction of sp³-hybridized carbons (Fsp3) is 0.0870. The number of pyridine rings is 1. The summed E-state index contributed by atoms with van der Waals surface area (Å²) in [6.45, 7) is 1.40. The fourth-order valence-electron chi connectivity index (χ4n) is 3.25. The van der Waals surface area contributed by atoms with Crippen LogP contribution < -0.4 is 15.4 Å². The Bertz CT molecular complexity index is 1270. The molecule has 0 aliphatic heterocycles. The van der Waals surface area contributed by atoms with Crippen LogP contribution in [0.25, 0.3) is 16.9 Å². The van der Waals surface area contributed by atoms with E-state index in [0.717, 1.165) is 0 Å². The molecular weight excluding hydrogens is 408 g/mol. The highest BCUT2D eigenvalue weighted by Crippen LogP contribution is 2.30. The molecule has 9 nitrogen and oxygen atoms in total. The van der Waals surface area contributed by atoms with Gasteiger partial charge in [0.25, 0.3) is 5.91 Å². The molecule has 0 aliphatic carbocycles. The van der Waals surface area contributed by atoms with Crippen molar-refractivity contribution in [2.24, 2.45) is 0 Å². The lowest BCUT2D eigenvalue weighted by Crippen LogP contribution is -2.16. The van der Waals surface area contributed by atoms with E-state index in [1.807, 2.05) is 18.2 Å². The van der Waals surface area contributed by atoms with Crippen molar-refractivity contribution in [2.45, 2.75) is 6.92 Å². The molecule has 2 amide bonds. The lowest BCUT2D eigenvalue weighted by molar-refractivity contribution is -0.114. The van der Waals surface area contributed by atoms with Gasteiger partial charge >= 0.3 is 0 Å². The molecule has 9 heteroatoms. The summed E-state index contributed by atoms with van der Waals surface area (Å²) in [6, 6.07) is 17.8. The van der Waals surface area contributed by atoms with Crippen LogP contribution in [0.3, 0.4) is 0 Å². The van der Waals surface area contributed by atoms with Crippen LogP contribution in [0, 0.1) is 0 Å². The van der Waals surface area contributed by atoms with Gasteiger partial charge in [-0.05, 0) is 36.4 Å². The summed E-state index contributed by atoms with van der Waals surface area (Å²) in [4.78, 5) is 28.8. The molecule has 2 N–H and O–H groups in total. The number of benzene rings is 2. The number of methoxy groups -OCH3 is 1. The van der Waals surface area contributed by atoms with E-state index < -0.39 is 5.91 Å². The van der Waals surface area contributed by atoms with Gasteiger partial charge in [-0.25, -0.2) is 4.68 Å². The predicted molar refractivity (Wildman–Crippen MR) is 120 cm³/mol. The van der Waals surface area contributed by atoms with Gasteiger partial charge in [-0.3, -0.25) is 14.6 Å². The average molecular weight is 428 g/mol. The molecule has 0 bridgehead atoms. The molecule has 4 rings (SSSR count). The Morgan fingerprint density at radius 3 is 2.25 bits per heavy atom. The maximum Gasteiger partial charge on any atom is 0.278 e. The van der Waals surface area contributed by atoms with Gasteiger partial charge in [0.05, 0.1) is 18.5 Å². The predicted octanol–water partition coefficient (Wildman–Crippen LogP) is 3.55. The first-order valence-corrected chi connectivity index (χ1v) is 9.76. The van der Waals surface area contributed by atoms with E-state index in [0.29, 0.717) is 34.1 Å². The first-order valence-electron chi connectivity index (χ1n) is 9.76. The lowest BCUT2D eigenvalue weighted by atomic mass is 10.1. The minimum atomic E-state index is -0.476. The van der Waals surface area contributed by atoms with Gasteiger partial charge in [-0.15, -0.1) is 5.10 Å². The number of nitrogens with zero attached hydrogens (tertiary/aromatic N) is 4. The third kappa shape index (κ3) is 4.17. The number of nitrogens with one attached hydrogen (secondary N) is 2. The van der Waals surface area contributed by atoms with Gasteiger partial charge in [0, 0.05) is 24.9 Å². The molecule has 32 heavy (non-hydrogen) atoms. The first kappa shape index (κ1) is 20.7. The molecule has 4 aromatic rings. The average Bonchev–Trinajstić information content (AvgIpc) is 3.26.